The number of hydrogen-bond acceptors (Lipinski definition) is 2. The van der Waals surface area contributed by atoms with Crippen molar-refractivity contribution in [3.05, 3.63) is 46.7 Å². The lowest BCUT2D eigenvalue weighted by Crippen LogP contribution is -2.18. The van der Waals surface area contributed by atoms with Crippen LogP contribution in [0.5, 0.6) is 0 Å². The van der Waals surface area contributed by atoms with Crippen LogP contribution in [0, 0.1) is 5.92 Å². The van der Waals surface area contributed by atoms with E-state index in [0.29, 0.717) is 5.92 Å². The van der Waals surface area contributed by atoms with Gasteiger partial charge in [0.15, 0.2) is 0 Å². The van der Waals surface area contributed by atoms with Gasteiger partial charge in [-0.3, -0.25) is 0 Å². The lowest BCUT2D eigenvalue weighted by Gasteiger charge is -2.05. The Morgan fingerprint density at radius 2 is 2.00 bits per heavy atom. The monoisotopic (exact) mass is 307 g/mol. The van der Waals surface area contributed by atoms with Gasteiger partial charge in [-0.15, -0.1) is 0 Å². The predicted octanol–water partition coefficient (Wildman–Crippen LogP) is 3.38. The Kier molecular flexibility index (Phi) is 4.55. The first-order valence-corrected chi connectivity index (χ1v) is 6.94. The van der Waals surface area contributed by atoms with Crippen LogP contribution in [-0.4, -0.2) is 16.3 Å². The van der Waals surface area contributed by atoms with Crippen molar-refractivity contribution in [2.75, 3.05) is 6.54 Å². The Morgan fingerprint density at radius 1 is 1.28 bits per heavy atom. The topological polar surface area (TPSA) is 29.9 Å². The number of nitrogens with one attached hydrogen (secondary N) is 1. The first kappa shape index (κ1) is 13.3. The molecule has 0 aliphatic rings. The minimum absolute atomic E-state index is 0.673. The van der Waals surface area contributed by atoms with Gasteiger partial charge in [0, 0.05) is 22.8 Å². The zero-order valence-electron chi connectivity index (χ0n) is 10.7. The summed E-state index contributed by atoms with van der Waals surface area (Å²) >= 11 is 3.43. The molecule has 0 fully saturated rings. The van der Waals surface area contributed by atoms with Crippen molar-refractivity contribution in [1.29, 1.82) is 0 Å². The second-order valence-corrected chi connectivity index (χ2v) is 5.71. The number of halogens is 1. The fourth-order valence-electron chi connectivity index (χ4n) is 1.69. The van der Waals surface area contributed by atoms with Gasteiger partial charge in [-0.05, 0) is 36.7 Å². The van der Waals surface area contributed by atoms with Crippen LogP contribution in [0.25, 0.3) is 5.69 Å². The molecule has 0 bridgehead atoms. The first-order chi connectivity index (χ1) is 8.65. The molecule has 4 heteroatoms. The lowest BCUT2D eigenvalue weighted by molar-refractivity contribution is 0.552. The molecule has 2 aromatic rings. The van der Waals surface area contributed by atoms with Crippen LogP contribution in [0.4, 0.5) is 0 Å². The highest BCUT2D eigenvalue weighted by atomic mass is 79.9. The van der Waals surface area contributed by atoms with Crippen molar-refractivity contribution in [2.24, 2.45) is 5.92 Å². The Hall–Kier alpha value is -1.13. The van der Waals surface area contributed by atoms with E-state index in [4.69, 9.17) is 0 Å². The second kappa shape index (κ2) is 6.16. The Balaban J connectivity index is 1.99. The van der Waals surface area contributed by atoms with Crippen molar-refractivity contribution in [1.82, 2.24) is 15.1 Å². The summed E-state index contributed by atoms with van der Waals surface area (Å²) in [6.07, 6.45) is 3.98. The second-order valence-electron chi connectivity index (χ2n) is 4.79. The van der Waals surface area contributed by atoms with Gasteiger partial charge in [0.25, 0.3) is 0 Å². The van der Waals surface area contributed by atoms with Gasteiger partial charge in [-0.25, -0.2) is 4.68 Å². The highest BCUT2D eigenvalue weighted by Crippen LogP contribution is 2.13. The molecule has 0 unspecified atom stereocenters. The normalized spacial score (nSPS) is 11.1. The minimum Gasteiger partial charge on any atom is -0.312 e. The molecule has 3 nitrogen and oxygen atoms in total. The zero-order chi connectivity index (χ0) is 13.0. The number of nitrogens with zero attached hydrogens (tertiary/aromatic N) is 2. The summed E-state index contributed by atoms with van der Waals surface area (Å²) in [5.74, 6) is 0.673. The maximum atomic E-state index is 4.38. The molecular weight excluding hydrogens is 290 g/mol. The molecule has 18 heavy (non-hydrogen) atoms. The minimum atomic E-state index is 0.673. The van der Waals surface area contributed by atoms with Gasteiger partial charge in [-0.1, -0.05) is 29.8 Å². The highest BCUT2D eigenvalue weighted by Gasteiger charge is 2.01. The molecule has 1 aromatic carbocycles. The Labute approximate surface area is 116 Å². The summed E-state index contributed by atoms with van der Waals surface area (Å²) in [6.45, 7) is 6.31. The lowest BCUT2D eigenvalue weighted by atomic mass is 10.2. The van der Waals surface area contributed by atoms with Crippen LogP contribution in [-0.2, 0) is 6.54 Å². The quantitative estimate of drug-likeness (QED) is 0.917. The van der Waals surface area contributed by atoms with E-state index in [1.54, 1.807) is 0 Å². The molecule has 0 aliphatic carbocycles. The third-order valence-electron chi connectivity index (χ3n) is 2.61. The standard InChI is InChI=1S/C14H18BrN3/c1-11(2)7-16-8-12-9-17-18(10-12)14-5-3-13(15)4-6-14/h3-6,9-11,16H,7-8H2,1-2H3. The van der Waals surface area contributed by atoms with Crippen molar-refractivity contribution >= 4 is 15.9 Å². The molecule has 96 valence electrons. The summed E-state index contributed by atoms with van der Waals surface area (Å²) in [5, 5.41) is 7.79. The fourth-order valence-corrected chi connectivity index (χ4v) is 1.96. The van der Waals surface area contributed by atoms with Crippen molar-refractivity contribution < 1.29 is 0 Å². The predicted molar refractivity (Wildman–Crippen MR) is 77.8 cm³/mol. The third kappa shape index (κ3) is 3.68. The van der Waals surface area contributed by atoms with Crippen molar-refractivity contribution in [3.63, 3.8) is 0 Å². The van der Waals surface area contributed by atoms with Crippen LogP contribution in [0.1, 0.15) is 19.4 Å². The van der Waals surface area contributed by atoms with Crippen molar-refractivity contribution in [2.45, 2.75) is 20.4 Å². The van der Waals surface area contributed by atoms with Gasteiger partial charge < -0.3 is 5.32 Å². The van der Waals surface area contributed by atoms with Gasteiger partial charge in [0.05, 0.1) is 11.9 Å². The number of benzene rings is 1. The molecular formula is C14H18BrN3. The number of rotatable bonds is 5. The molecule has 0 saturated heterocycles. The average molecular weight is 308 g/mol. The number of aromatic nitrogens is 2. The van der Waals surface area contributed by atoms with Crippen LogP contribution in [0.2, 0.25) is 0 Å². The smallest absolute Gasteiger partial charge is 0.0646 e. The summed E-state index contributed by atoms with van der Waals surface area (Å²) in [5.41, 5.74) is 2.28. The molecule has 1 heterocycles. The van der Waals surface area contributed by atoms with E-state index < -0.39 is 0 Å². The summed E-state index contributed by atoms with van der Waals surface area (Å²) in [6, 6.07) is 8.13. The molecule has 0 radical (unpaired) electrons. The molecule has 0 aliphatic heterocycles. The highest BCUT2D eigenvalue weighted by molar-refractivity contribution is 9.10. The van der Waals surface area contributed by atoms with E-state index in [-0.39, 0.29) is 0 Å². The molecule has 0 saturated carbocycles. The maximum Gasteiger partial charge on any atom is 0.0646 e. The third-order valence-corrected chi connectivity index (χ3v) is 3.14. The molecule has 1 aromatic heterocycles. The Morgan fingerprint density at radius 3 is 2.67 bits per heavy atom. The van der Waals surface area contributed by atoms with Gasteiger partial charge >= 0.3 is 0 Å². The van der Waals surface area contributed by atoms with Gasteiger partial charge in [-0.2, -0.15) is 5.10 Å². The average Bonchev–Trinajstić information content (AvgIpc) is 2.78. The molecule has 0 amide bonds. The largest absolute Gasteiger partial charge is 0.312 e. The summed E-state index contributed by atoms with van der Waals surface area (Å²) in [4.78, 5) is 0. The molecule has 0 atom stereocenters. The van der Waals surface area contributed by atoms with Crippen LogP contribution < -0.4 is 5.32 Å². The van der Waals surface area contributed by atoms with E-state index in [1.165, 1.54) is 5.56 Å². The van der Waals surface area contributed by atoms with Gasteiger partial charge in [0.1, 0.15) is 0 Å². The Bertz CT molecular complexity index is 488. The zero-order valence-corrected chi connectivity index (χ0v) is 12.3. The van der Waals surface area contributed by atoms with E-state index in [9.17, 15) is 0 Å². The SMILES string of the molecule is CC(C)CNCc1cnn(-c2ccc(Br)cc2)c1. The van der Waals surface area contributed by atoms with E-state index in [0.717, 1.165) is 23.2 Å². The van der Waals surface area contributed by atoms with Crippen LogP contribution in [0.3, 0.4) is 0 Å². The van der Waals surface area contributed by atoms with Crippen molar-refractivity contribution in [3.8, 4) is 5.69 Å². The molecule has 2 rings (SSSR count). The number of hydrogen-bond donors (Lipinski definition) is 1. The van der Waals surface area contributed by atoms with E-state index >= 15 is 0 Å². The maximum absolute atomic E-state index is 4.38. The van der Waals surface area contributed by atoms with Gasteiger partial charge in [0.2, 0.25) is 0 Å². The van der Waals surface area contributed by atoms with Crippen LogP contribution in [0.15, 0.2) is 41.1 Å². The first-order valence-electron chi connectivity index (χ1n) is 6.15. The fraction of sp³-hybridized carbons (Fsp3) is 0.357. The van der Waals surface area contributed by atoms with E-state index in [1.807, 2.05) is 35.1 Å². The van der Waals surface area contributed by atoms with Crippen LogP contribution >= 0.6 is 15.9 Å². The summed E-state index contributed by atoms with van der Waals surface area (Å²) < 4.78 is 2.98. The molecule has 0 spiro atoms. The molecule has 1 N–H and O–H groups in total. The van der Waals surface area contributed by atoms with E-state index in [2.05, 4.69) is 46.4 Å². The summed E-state index contributed by atoms with van der Waals surface area (Å²) in [7, 11) is 0.